The molecule has 92 valence electrons. The second-order valence-corrected chi connectivity index (χ2v) is 3.65. The van der Waals surface area contributed by atoms with Crippen molar-refractivity contribution in [3.8, 4) is 11.5 Å². The lowest BCUT2D eigenvalue weighted by molar-refractivity contribution is -0.0196. The minimum Gasteiger partial charge on any atom is -0.457 e. The third-order valence-corrected chi connectivity index (χ3v) is 2.36. The number of carbonyl (C=O) groups excluding carboxylic acids is 1. The highest BCUT2D eigenvalue weighted by Crippen LogP contribution is 2.25. The fourth-order valence-electron chi connectivity index (χ4n) is 1.51. The molecule has 0 aliphatic carbocycles. The maximum Gasteiger partial charge on any atom is 0.222 e. The van der Waals surface area contributed by atoms with Gasteiger partial charge in [-0.05, 0) is 24.3 Å². The molecule has 0 saturated heterocycles. The van der Waals surface area contributed by atoms with Gasteiger partial charge in [0.1, 0.15) is 11.5 Å². The summed E-state index contributed by atoms with van der Waals surface area (Å²) in [5.74, 6) is 0.0773. The second kappa shape index (κ2) is 5.44. The van der Waals surface area contributed by atoms with Crippen LogP contribution < -0.4 is 4.74 Å². The first kappa shape index (κ1) is 12.3. The Morgan fingerprint density at radius 2 is 1.56 bits per heavy atom. The Hall–Kier alpha value is -2.17. The summed E-state index contributed by atoms with van der Waals surface area (Å²) in [6.45, 7) is 0. The summed E-state index contributed by atoms with van der Waals surface area (Å²) < 4.78 is 5.54. The minimum absolute atomic E-state index is 0.136. The third kappa shape index (κ3) is 2.74. The zero-order valence-electron chi connectivity index (χ0n) is 9.48. The van der Waals surface area contributed by atoms with Crippen molar-refractivity contribution in [2.24, 2.45) is 0 Å². The average Bonchev–Trinajstić information content (AvgIpc) is 2.39. The van der Waals surface area contributed by atoms with Crippen molar-refractivity contribution in [1.29, 1.82) is 0 Å². The number of carbonyl (C=O) groups is 1. The van der Waals surface area contributed by atoms with Gasteiger partial charge in [-0.2, -0.15) is 0 Å². The van der Waals surface area contributed by atoms with E-state index in [9.17, 15) is 4.79 Å². The van der Waals surface area contributed by atoms with Gasteiger partial charge in [-0.1, -0.05) is 30.3 Å². The van der Waals surface area contributed by atoms with E-state index >= 15 is 0 Å². The van der Waals surface area contributed by atoms with E-state index in [0.29, 0.717) is 11.5 Å². The molecule has 2 aromatic carbocycles. The molecule has 0 fully saturated rings. The van der Waals surface area contributed by atoms with E-state index in [1.54, 1.807) is 42.5 Å². The number of benzene rings is 2. The fraction of sp³-hybridized carbons (Fsp3) is 0.0714. The summed E-state index contributed by atoms with van der Waals surface area (Å²) in [5.41, 5.74) is 0.136. The van der Waals surface area contributed by atoms with Crippen LogP contribution in [0.15, 0.2) is 54.6 Å². The molecule has 0 amide bonds. The fourth-order valence-corrected chi connectivity index (χ4v) is 1.51. The molecule has 2 rings (SSSR count). The highest BCUT2D eigenvalue weighted by molar-refractivity contribution is 6.00. The van der Waals surface area contributed by atoms with Gasteiger partial charge in [0.05, 0.1) is 5.56 Å². The molecule has 2 aromatic rings. The quantitative estimate of drug-likeness (QED) is 0.637. The van der Waals surface area contributed by atoms with Crippen LogP contribution in [0, 0.1) is 0 Å². The number of rotatable bonds is 4. The van der Waals surface area contributed by atoms with E-state index in [2.05, 4.69) is 0 Å². The van der Waals surface area contributed by atoms with Crippen molar-refractivity contribution in [3.63, 3.8) is 0 Å². The predicted octanol–water partition coefficient (Wildman–Crippen LogP) is 1.97. The van der Waals surface area contributed by atoms with Gasteiger partial charge in [0.25, 0.3) is 0 Å². The van der Waals surface area contributed by atoms with Crippen molar-refractivity contribution in [2.75, 3.05) is 0 Å². The van der Waals surface area contributed by atoms with E-state index in [4.69, 9.17) is 14.9 Å². The SMILES string of the molecule is O=C(c1ccccc1Oc1ccccc1)C(O)O. The number of hydrogen-bond acceptors (Lipinski definition) is 4. The minimum atomic E-state index is -2.04. The van der Waals surface area contributed by atoms with Crippen LogP contribution in [0.1, 0.15) is 10.4 Å². The number of hydrogen-bond donors (Lipinski definition) is 2. The van der Waals surface area contributed by atoms with Gasteiger partial charge >= 0.3 is 0 Å². The van der Waals surface area contributed by atoms with Gasteiger partial charge in [-0.25, -0.2) is 0 Å². The Balaban J connectivity index is 2.31. The summed E-state index contributed by atoms with van der Waals surface area (Å²) in [5, 5.41) is 17.8. The number of para-hydroxylation sites is 2. The maximum absolute atomic E-state index is 11.6. The largest absolute Gasteiger partial charge is 0.457 e. The Morgan fingerprint density at radius 3 is 2.22 bits per heavy atom. The van der Waals surface area contributed by atoms with E-state index in [-0.39, 0.29) is 5.56 Å². The molecular formula is C14H12O4. The maximum atomic E-state index is 11.6. The highest BCUT2D eigenvalue weighted by atomic mass is 16.5. The molecule has 2 N–H and O–H groups in total. The number of aliphatic hydroxyl groups excluding tert-OH is 1. The molecule has 0 heterocycles. The van der Waals surface area contributed by atoms with Crippen LogP contribution in [0.5, 0.6) is 11.5 Å². The molecule has 0 aliphatic rings. The van der Waals surface area contributed by atoms with Gasteiger partial charge in [0, 0.05) is 0 Å². The normalized spacial score (nSPS) is 10.4. The van der Waals surface area contributed by atoms with Crippen LogP contribution in [0.3, 0.4) is 0 Å². The van der Waals surface area contributed by atoms with Crippen molar-refractivity contribution in [2.45, 2.75) is 6.29 Å². The number of ether oxygens (including phenoxy) is 1. The first-order chi connectivity index (χ1) is 8.68. The molecule has 0 radical (unpaired) electrons. The van der Waals surface area contributed by atoms with Crippen LogP contribution in [0.2, 0.25) is 0 Å². The van der Waals surface area contributed by atoms with E-state index in [0.717, 1.165) is 0 Å². The average molecular weight is 244 g/mol. The summed E-state index contributed by atoms with van der Waals surface area (Å²) in [7, 11) is 0. The third-order valence-electron chi connectivity index (χ3n) is 2.36. The van der Waals surface area contributed by atoms with Gasteiger partial charge < -0.3 is 14.9 Å². The molecule has 0 aromatic heterocycles. The van der Waals surface area contributed by atoms with Crippen LogP contribution >= 0.6 is 0 Å². The molecule has 0 saturated carbocycles. The predicted molar refractivity (Wildman–Crippen MR) is 65.5 cm³/mol. The van der Waals surface area contributed by atoms with Crippen molar-refractivity contribution < 1.29 is 19.7 Å². The number of ketones is 1. The molecule has 0 unspecified atom stereocenters. The van der Waals surface area contributed by atoms with E-state index in [1.165, 1.54) is 6.07 Å². The van der Waals surface area contributed by atoms with E-state index in [1.807, 2.05) is 6.07 Å². The summed E-state index contributed by atoms with van der Waals surface area (Å²) in [6.07, 6.45) is -2.04. The first-order valence-corrected chi connectivity index (χ1v) is 5.41. The van der Waals surface area contributed by atoms with Crippen LogP contribution in [0.25, 0.3) is 0 Å². The summed E-state index contributed by atoms with van der Waals surface area (Å²) in [4.78, 5) is 11.6. The zero-order valence-corrected chi connectivity index (χ0v) is 9.48. The first-order valence-electron chi connectivity index (χ1n) is 5.41. The molecule has 0 atom stereocenters. The van der Waals surface area contributed by atoms with Gasteiger partial charge in [0.15, 0.2) is 0 Å². The summed E-state index contributed by atoms with van der Waals surface area (Å²) >= 11 is 0. The van der Waals surface area contributed by atoms with Crippen LogP contribution in [0.4, 0.5) is 0 Å². The summed E-state index contributed by atoms with van der Waals surface area (Å²) in [6, 6.07) is 15.4. The smallest absolute Gasteiger partial charge is 0.222 e. The van der Waals surface area contributed by atoms with E-state index < -0.39 is 12.1 Å². The molecule has 0 aliphatic heterocycles. The standard InChI is InChI=1S/C14H12O4/c15-13(14(16)17)11-8-4-5-9-12(11)18-10-6-2-1-3-7-10/h1-9,14,16-17H. The Bertz CT molecular complexity index is 535. The van der Waals surface area contributed by atoms with Crippen molar-refractivity contribution in [3.05, 3.63) is 60.2 Å². The molecule has 4 heteroatoms. The van der Waals surface area contributed by atoms with Crippen LogP contribution in [-0.2, 0) is 0 Å². The molecule has 0 spiro atoms. The second-order valence-electron chi connectivity index (χ2n) is 3.65. The molecule has 0 bridgehead atoms. The highest BCUT2D eigenvalue weighted by Gasteiger charge is 2.18. The molecule has 18 heavy (non-hydrogen) atoms. The Labute approximate surface area is 104 Å². The van der Waals surface area contributed by atoms with Gasteiger partial charge in [-0.3, -0.25) is 4.79 Å². The lowest BCUT2D eigenvalue weighted by Gasteiger charge is -2.10. The monoisotopic (exact) mass is 244 g/mol. The topological polar surface area (TPSA) is 66.8 Å². The Morgan fingerprint density at radius 1 is 0.944 bits per heavy atom. The zero-order chi connectivity index (χ0) is 13.0. The lowest BCUT2D eigenvalue weighted by Crippen LogP contribution is -2.19. The molecule has 4 nitrogen and oxygen atoms in total. The van der Waals surface area contributed by atoms with Gasteiger partial charge in [0.2, 0.25) is 12.1 Å². The Kier molecular flexibility index (Phi) is 3.72. The number of aliphatic hydroxyl groups is 2. The lowest BCUT2D eigenvalue weighted by atomic mass is 10.1. The van der Waals surface area contributed by atoms with Crippen molar-refractivity contribution in [1.82, 2.24) is 0 Å². The number of Topliss-reactive ketones (excluding diaryl/α,β-unsaturated/α-hetero) is 1. The molecular weight excluding hydrogens is 232 g/mol. The van der Waals surface area contributed by atoms with Gasteiger partial charge in [-0.15, -0.1) is 0 Å². The van der Waals surface area contributed by atoms with Crippen molar-refractivity contribution >= 4 is 5.78 Å². The van der Waals surface area contributed by atoms with Crippen LogP contribution in [-0.4, -0.2) is 22.3 Å².